The molecule has 0 saturated carbocycles. The summed E-state index contributed by atoms with van der Waals surface area (Å²) in [6.45, 7) is 9.83. The van der Waals surface area contributed by atoms with E-state index in [0.717, 1.165) is 37.7 Å². The summed E-state index contributed by atoms with van der Waals surface area (Å²) in [7, 11) is 0. The van der Waals surface area contributed by atoms with Gasteiger partial charge in [-0.05, 0) is 57.2 Å². The number of benzene rings is 2. The Kier molecular flexibility index (Phi) is 6.60. The van der Waals surface area contributed by atoms with E-state index < -0.39 is 0 Å². The van der Waals surface area contributed by atoms with Crippen molar-refractivity contribution in [2.45, 2.75) is 26.8 Å². The van der Waals surface area contributed by atoms with Gasteiger partial charge in [0.2, 0.25) is 0 Å². The van der Waals surface area contributed by atoms with Gasteiger partial charge in [-0.3, -0.25) is 0 Å². The first-order valence-electron chi connectivity index (χ1n) is 12.0. The summed E-state index contributed by atoms with van der Waals surface area (Å²) in [4.78, 5) is 9.39. The van der Waals surface area contributed by atoms with Crippen LogP contribution in [0.2, 0.25) is 0 Å². The lowest BCUT2D eigenvalue weighted by atomic mass is 10.1. The Morgan fingerprint density at radius 2 is 1.89 bits per heavy atom. The van der Waals surface area contributed by atoms with Crippen molar-refractivity contribution < 1.29 is 8.78 Å². The third kappa shape index (κ3) is 4.29. The molecular weight excluding hydrogens is 480 g/mol. The van der Waals surface area contributed by atoms with Crippen molar-refractivity contribution in [2.75, 3.05) is 42.5 Å². The molecule has 0 aliphatic carbocycles. The minimum Gasteiger partial charge on any atom is -0.369 e. The van der Waals surface area contributed by atoms with Crippen LogP contribution in [0.1, 0.15) is 31.7 Å². The van der Waals surface area contributed by atoms with E-state index in [2.05, 4.69) is 21.4 Å². The molecule has 1 N–H and O–H groups in total. The van der Waals surface area contributed by atoms with Crippen LogP contribution < -0.4 is 15.1 Å². The molecule has 7 nitrogen and oxygen atoms in total. The largest absolute Gasteiger partial charge is 0.369 e. The summed E-state index contributed by atoms with van der Waals surface area (Å²) in [6.07, 6.45) is 0. The van der Waals surface area contributed by atoms with E-state index in [4.69, 9.17) is 4.98 Å². The molecule has 1 aliphatic rings. The first-order valence-corrected chi connectivity index (χ1v) is 12.8. The van der Waals surface area contributed by atoms with Crippen molar-refractivity contribution in [3.05, 3.63) is 52.9 Å². The molecule has 5 rings (SSSR count). The van der Waals surface area contributed by atoms with E-state index >= 15 is 4.39 Å². The standard InChI is InChI=1S/C26H27F2N7S/c1-4-34(26-31-23(22(15-29)36-26)17-5-7-18(27)8-6-17)25-20-13-19(33-11-9-30-10-12-33)14-21(28)24(20)32-35(25)16(2)3/h5-8,13-14,16,30H,4,9-12H2,1-3H3. The van der Waals surface area contributed by atoms with Gasteiger partial charge in [0.1, 0.15) is 33.8 Å². The van der Waals surface area contributed by atoms with E-state index in [0.29, 0.717) is 38.7 Å². The van der Waals surface area contributed by atoms with Crippen LogP contribution in [0.15, 0.2) is 36.4 Å². The molecule has 2 aromatic carbocycles. The van der Waals surface area contributed by atoms with Crippen LogP contribution in [-0.4, -0.2) is 47.5 Å². The molecule has 1 saturated heterocycles. The van der Waals surface area contributed by atoms with Crippen LogP contribution in [0.4, 0.5) is 25.4 Å². The molecule has 186 valence electrons. The number of nitrogens with one attached hydrogen (secondary N) is 1. The maximum Gasteiger partial charge on any atom is 0.192 e. The second-order valence-electron chi connectivity index (χ2n) is 8.96. The van der Waals surface area contributed by atoms with E-state index in [1.54, 1.807) is 18.2 Å². The summed E-state index contributed by atoms with van der Waals surface area (Å²) in [5.74, 6) is 0.0291. The van der Waals surface area contributed by atoms with Crippen molar-refractivity contribution in [3.63, 3.8) is 0 Å². The number of rotatable bonds is 6. The molecular formula is C26H27F2N7S. The fourth-order valence-corrected chi connectivity index (χ4v) is 5.50. The topological polar surface area (TPSA) is 73.0 Å². The maximum atomic E-state index is 15.4. The van der Waals surface area contributed by atoms with Crippen molar-refractivity contribution in [2.24, 2.45) is 0 Å². The van der Waals surface area contributed by atoms with Gasteiger partial charge in [0, 0.05) is 55.4 Å². The summed E-state index contributed by atoms with van der Waals surface area (Å²) >= 11 is 1.26. The number of aromatic nitrogens is 3. The van der Waals surface area contributed by atoms with Crippen molar-refractivity contribution in [1.82, 2.24) is 20.1 Å². The minimum absolute atomic E-state index is 0.0320. The average Bonchev–Trinajstić information content (AvgIpc) is 3.49. The van der Waals surface area contributed by atoms with Gasteiger partial charge in [-0.25, -0.2) is 18.4 Å². The first kappa shape index (κ1) is 24.2. The summed E-state index contributed by atoms with van der Waals surface area (Å²) in [6, 6.07) is 11.7. The SMILES string of the molecule is CCN(c1nc(-c2ccc(F)cc2)c(C#N)s1)c1c2cc(N3CCNCC3)cc(F)c2nn1C(C)C. The monoisotopic (exact) mass is 507 g/mol. The van der Waals surface area contributed by atoms with E-state index in [1.165, 1.54) is 23.5 Å². The number of halogens is 2. The molecule has 2 aromatic heterocycles. The number of nitrogens with zero attached hydrogens (tertiary/aromatic N) is 6. The highest BCUT2D eigenvalue weighted by Crippen LogP contribution is 2.41. The smallest absolute Gasteiger partial charge is 0.192 e. The number of piperazine rings is 1. The molecule has 1 fully saturated rings. The van der Waals surface area contributed by atoms with E-state index in [1.807, 2.05) is 36.4 Å². The van der Waals surface area contributed by atoms with Crippen LogP contribution in [0, 0.1) is 23.0 Å². The second kappa shape index (κ2) is 9.84. The number of anilines is 3. The predicted octanol–water partition coefficient (Wildman–Crippen LogP) is 5.46. The van der Waals surface area contributed by atoms with Gasteiger partial charge in [0.25, 0.3) is 0 Å². The molecule has 0 atom stereocenters. The van der Waals surface area contributed by atoms with Gasteiger partial charge in [0.15, 0.2) is 10.9 Å². The van der Waals surface area contributed by atoms with Crippen LogP contribution in [0.25, 0.3) is 22.2 Å². The van der Waals surface area contributed by atoms with Crippen molar-refractivity contribution in [3.8, 4) is 17.3 Å². The van der Waals surface area contributed by atoms with E-state index in [9.17, 15) is 9.65 Å². The Hall–Kier alpha value is -3.55. The van der Waals surface area contributed by atoms with Gasteiger partial charge in [-0.1, -0.05) is 11.3 Å². The zero-order valence-corrected chi connectivity index (χ0v) is 21.2. The van der Waals surface area contributed by atoms with Crippen LogP contribution >= 0.6 is 11.3 Å². The highest BCUT2D eigenvalue weighted by Gasteiger charge is 2.27. The van der Waals surface area contributed by atoms with Gasteiger partial charge < -0.3 is 15.1 Å². The third-order valence-corrected chi connectivity index (χ3v) is 7.31. The van der Waals surface area contributed by atoms with Crippen molar-refractivity contribution in [1.29, 1.82) is 5.26 Å². The molecule has 0 unspecified atom stereocenters. The Labute approximate surface area is 212 Å². The van der Waals surface area contributed by atoms with E-state index in [-0.39, 0.29) is 17.7 Å². The molecule has 0 spiro atoms. The fourth-order valence-electron chi connectivity index (χ4n) is 4.55. The molecule has 10 heteroatoms. The van der Waals surface area contributed by atoms with Gasteiger partial charge in [-0.2, -0.15) is 10.4 Å². The molecule has 4 aromatic rings. The third-order valence-electron chi connectivity index (χ3n) is 6.32. The second-order valence-corrected chi connectivity index (χ2v) is 9.94. The Balaban J connectivity index is 1.67. The highest BCUT2D eigenvalue weighted by atomic mass is 32.1. The average molecular weight is 508 g/mol. The van der Waals surface area contributed by atoms with Crippen LogP contribution in [-0.2, 0) is 0 Å². The number of thiazole rings is 1. The molecule has 1 aliphatic heterocycles. The fraction of sp³-hybridized carbons (Fsp3) is 0.346. The first-order chi connectivity index (χ1) is 17.4. The lowest BCUT2D eigenvalue weighted by molar-refractivity contribution is 0.533. The molecule has 0 amide bonds. The minimum atomic E-state index is -0.360. The zero-order valence-electron chi connectivity index (χ0n) is 20.4. The summed E-state index contributed by atoms with van der Waals surface area (Å²) in [5.41, 5.74) is 2.31. The van der Waals surface area contributed by atoms with Crippen LogP contribution in [0.3, 0.4) is 0 Å². The maximum absolute atomic E-state index is 15.4. The van der Waals surface area contributed by atoms with Gasteiger partial charge in [0.05, 0.1) is 0 Å². The summed E-state index contributed by atoms with van der Waals surface area (Å²) < 4.78 is 30.7. The Morgan fingerprint density at radius 3 is 2.53 bits per heavy atom. The summed E-state index contributed by atoms with van der Waals surface area (Å²) in [5, 5.41) is 19.1. The van der Waals surface area contributed by atoms with Gasteiger partial charge in [-0.15, -0.1) is 0 Å². The number of fused-ring (bicyclic) bond motifs is 1. The molecule has 0 radical (unpaired) electrons. The Bertz CT molecular complexity index is 1430. The lowest BCUT2D eigenvalue weighted by Crippen LogP contribution is -2.43. The highest BCUT2D eigenvalue weighted by molar-refractivity contribution is 7.16. The number of nitriles is 1. The lowest BCUT2D eigenvalue weighted by Gasteiger charge is -2.29. The molecule has 36 heavy (non-hydrogen) atoms. The normalized spacial score (nSPS) is 14.0. The molecule has 0 bridgehead atoms. The van der Waals surface area contributed by atoms with Crippen LogP contribution in [0.5, 0.6) is 0 Å². The van der Waals surface area contributed by atoms with Gasteiger partial charge >= 0.3 is 0 Å². The van der Waals surface area contributed by atoms with Crippen molar-refractivity contribution >= 4 is 38.9 Å². The zero-order chi connectivity index (χ0) is 25.4. The Morgan fingerprint density at radius 1 is 1.17 bits per heavy atom. The number of hydrogen-bond acceptors (Lipinski definition) is 7. The number of hydrogen-bond donors (Lipinski definition) is 1. The molecule has 3 heterocycles. The predicted molar refractivity (Wildman–Crippen MR) is 140 cm³/mol. The quantitative estimate of drug-likeness (QED) is 0.374.